The summed E-state index contributed by atoms with van der Waals surface area (Å²) < 4.78 is 5.78. The molecule has 2 amide bonds. The van der Waals surface area contributed by atoms with E-state index in [4.69, 9.17) is 4.74 Å². The maximum Gasteiger partial charge on any atom is 0.286 e. The molecule has 0 aromatic heterocycles. The minimum atomic E-state index is -0.349. The number of aliphatic imine (C=N–C) groups is 1. The SMILES string of the molecule is CC(=O)NC1=NC(=O)/C(=C\c2ccc(OCc3ccc(C)cc3)cc2)S1. The molecule has 1 aliphatic heterocycles. The van der Waals surface area contributed by atoms with Gasteiger partial charge in [-0.2, -0.15) is 4.99 Å². The van der Waals surface area contributed by atoms with Gasteiger partial charge in [0.2, 0.25) is 5.91 Å². The predicted octanol–water partition coefficient (Wildman–Crippen LogP) is 3.68. The molecular weight excluding hydrogens is 348 g/mol. The lowest BCUT2D eigenvalue weighted by atomic mass is 10.1. The third kappa shape index (κ3) is 4.83. The number of hydrogen-bond donors (Lipinski definition) is 1. The van der Waals surface area contributed by atoms with Crippen LogP contribution < -0.4 is 10.1 Å². The lowest BCUT2D eigenvalue weighted by Gasteiger charge is -2.07. The van der Waals surface area contributed by atoms with Crippen molar-refractivity contribution in [2.45, 2.75) is 20.5 Å². The van der Waals surface area contributed by atoms with Crippen LogP contribution in [0.2, 0.25) is 0 Å². The number of amides is 2. The van der Waals surface area contributed by atoms with Crippen LogP contribution in [0.15, 0.2) is 58.4 Å². The summed E-state index contributed by atoms with van der Waals surface area (Å²) in [5.41, 5.74) is 3.19. The van der Waals surface area contributed by atoms with Gasteiger partial charge in [0.05, 0.1) is 4.91 Å². The molecule has 1 N–H and O–H groups in total. The predicted molar refractivity (Wildman–Crippen MR) is 104 cm³/mol. The Bertz CT molecular complexity index is 884. The molecule has 0 unspecified atom stereocenters. The van der Waals surface area contributed by atoms with E-state index in [2.05, 4.69) is 29.4 Å². The second-order valence-corrected chi connectivity index (χ2v) is 6.89. The zero-order valence-corrected chi connectivity index (χ0v) is 15.3. The second-order valence-electron chi connectivity index (χ2n) is 5.86. The minimum absolute atomic E-state index is 0.250. The maximum absolute atomic E-state index is 11.9. The molecule has 0 fully saturated rings. The van der Waals surface area contributed by atoms with Crippen molar-refractivity contribution in [3.05, 3.63) is 70.1 Å². The molecule has 3 rings (SSSR count). The lowest BCUT2D eigenvalue weighted by Crippen LogP contribution is -2.23. The zero-order chi connectivity index (χ0) is 18.5. The van der Waals surface area contributed by atoms with Gasteiger partial charge in [-0.05, 0) is 48.0 Å². The van der Waals surface area contributed by atoms with Crippen molar-refractivity contribution in [2.75, 3.05) is 0 Å². The molecule has 1 aliphatic rings. The molecule has 5 nitrogen and oxygen atoms in total. The highest BCUT2D eigenvalue weighted by atomic mass is 32.2. The van der Waals surface area contributed by atoms with Crippen molar-refractivity contribution >= 4 is 34.8 Å². The molecule has 0 saturated heterocycles. The van der Waals surface area contributed by atoms with Crippen LogP contribution in [0.5, 0.6) is 5.75 Å². The Hall–Kier alpha value is -2.86. The number of rotatable bonds is 4. The Morgan fingerprint density at radius 3 is 2.50 bits per heavy atom. The van der Waals surface area contributed by atoms with E-state index in [0.717, 1.165) is 28.6 Å². The lowest BCUT2D eigenvalue weighted by molar-refractivity contribution is -0.117. The van der Waals surface area contributed by atoms with E-state index >= 15 is 0 Å². The van der Waals surface area contributed by atoms with E-state index in [0.29, 0.717) is 16.7 Å². The number of amidine groups is 1. The monoisotopic (exact) mass is 366 g/mol. The standard InChI is InChI=1S/C20H18N2O3S/c1-13-3-5-16(6-4-13)12-25-17-9-7-15(8-10-17)11-18-19(24)22-20(26-18)21-14(2)23/h3-11H,12H2,1-2H3,(H,21,22,23,24)/b18-11+. The number of nitrogens with one attached hydrogen (secondary N) is 1. The molecule has 2 aromatic carbocycles. The summed E-state index contributed by atoms with van der Waals surface area (Å²) in [5.74, 6) is 0.159. The first kappa shape index (κ1) is 17.9. The summed E-state index contributed by atoms with van der Waals surface area (Å²) >= 11 is 1.15. The Morgan fingerprint density at radius 2 is 1.85 bits per heavy atom. The van der Waals surface area contributed by atoms with Gasteiger partial charge in [-0.15, -0.1) is 0 Å². The third-order valence-corrected chi connectivity index (χ3v) is 4.51. The molecule has 0 spiro atoms. The highest BCUT2D eigenvalue weighted by Gasteiger charge is 2.22. The van der Waals surface area contributed by atoms with Gasteiger partial charge in [0.1, 0.15) is 12.4 Å². The van der Waals surface area contributed by atoms with Crippen LogP contribution in [-0.4, -0.2) is 17.0 Å². The van der Waals surface area contributed by atoms with E-state index in [1.807, 2.05) is 36.4 Å². The topological polar surface area (TPSA) is 67.8 Å². The van der Waals surface area contributed by atoms with Crippen LogP contribution in [-0.2, 0) is 16.2 Å². The molecule has 26 heavy (non-hydrogen) atoms. The number of carbonyl (C=O) groups excluding carboxylic acids is 2. The normalized spacial score (nSPS) is 15.1. The van der Waals surface area contributed by atoms with Crippen molar-refractivity contribution in [3.63, 3.8) is 0 Å². The van der Waals surface area contributed by atoms with Crippen molar-refractivity contribution in [1.82, 2.24) is 5.32 Å². The van der Waals surface area contributed by atoms with Gasteiger partial charge in [0.25, 0.3) is 5.91 Å². The van der Waals surface area contributed by atoms with E-state index in [1.165, 1.54) is 12.5 Å². The van der Waals surface area contributed by atoms with Crippen LogP contribution in [0.4, 0.5) is 0 Å². The number of nitrogens with zero attached hydrogens (tertiary/aromatic N) is 1. The van der Waals surface area contributed by atoms with E-state index in [9.17, 15) is 9.59 Å². The fourth-order valence-corrected chi connectivity index (χ4v) is 3.14. The first-order chi connectivity index (χ1) is 12.5. The first-order valence-corrected chi connectivity index (χ1v) is 8.90. The quantitative estimate of drug-likeness (QED) is 0.838. The van der Waals surface area contributed by atoms with Crippen LogP contribution >= 0.6 is 11.8 Å². The van der Waals surface area contributed by atoms with Crippen LogP contribution in [0.25, 0.3) is 6.08 Å². The number of carbonyl (C=O) groups is 2. The molecule has 0 radical (unpaired) electrons. The largest absolute Gasteiger partial charge is 0.489 e. The Morgan fingerprint density at radius 1 is 1.15 bits per heavy atom. The number of hydrogen-bond acceptors (Lipinski definition) is 4. The molecule has 0 atom stereocenters. The molecule has 1 heterocycles. The first-order valence-electron chi connectivity index (χ1n) is 8.08. The average Bonchev–Trinajstić information content (AvgIpc) is 2.94. The number of benzene rings is 2. The van der Waals surface area contributed by atoms with Gasteiger partial charge in [-0.3, -0.25) is 9.59 Å². The van der Waals surface area contributed by atoms with Gasteiger partial charge in [0, 0.05) is 6.92 Å². The number of thioether (sulfide) groups is 1. The number of aryl methyl sites for hydroxylation is 1. The second kappa shape index (κ2) is 8.01. The van der Waals surface area contributed by atoms with Crippen molar-refractivity contribution in [3.8, 4) is 5.75 Å². The fraction of sp³-hybridized carbons (Fsp3) is 0.150. The summed E-state index contributed by atoms with van der Waals surface area (Å²) in [6, 6.07) is 15.7. The fourth-order valence-electron chi connectivity index (χ4n) is 2.28. The Balaban J connectivity index is 1.60. The van der Waals surface area contributed by atoms with Crippen molar-refractivity contribution in [1.29, 1.82) is 0 Å². The molecule has 0 bridgehead atoms. The zero-order valence-electron chi connectivity index (χ0n) is 14.5. The molecule has 2 aromatic rings. The molecular formula is C20H18N2O3S. The van der Waals surface area contributed by atoms with E-state index in [1.54, 1.807) is 6.08 Å². The summed E-state index contributed by atoms with van der Waals surface area (Å²) in [5, 5.41) is 2.84. The molecule has 132 valence electrons. The summed E-state index contributed by atoms with van der Waals surface area (Å²) in [7, 11) is 0. The molecule has 6 heteroatoms. The van der Waals surface area contributed by atoms with Gasteiger partial charge in [-0.25, -0.2) is 0 Å². The van der Waals surface area contributed by atoms with Crippen molar-refractivity contribution < 1.29 is 14.3 Å². The Kier molecular flexibility index (Phi) is 5.53. The van der Waals surface area contributed by atoms with Gasteiger partial charge in [-0.1, -0.05) is 42.0 Å². The minimum Gasteiger partial charge on any atom is -0.489 e. The van der Waals surface area contributed by atoms with Gasteiger partial charge < -0.3 is 10.1 Å². The Labute approximate surface area is 156 Å². The van der Waals surface area contributed by atoms with Gasteiger partial charge >= 0.3 is 0 Å². The summed E-state index contributed by atoms with van der Waals surface area (Å²) in [6.45, 7) is 3.93. The molecule has 0 saturated carbocycles. The van der Waals surface area contributed by atoms with Gasteiger partial charge in [0.15, 0.2) is 5.17 Å². The third-order valence-electron chi connectivity index (χ3n) is 3.61. The highest BCUT2D eigenvalue weighted by molar-refractivity contribution is 8.18. The van der Waals surface area contributed by atoms with E-state index < -0.39 is 0 Å². The maximum atomic E-state index is 11.9. The average molecular weight is 366 g/mol. The van der Waals surface area contributed by atoms with E-state index in [-0.39, 0.29) is 11.8 Å². The summed E-state index contributed by atoms with van der Waals surface area (Å²) in [6.07, 6.45) is 1.75. The van der Waals surface area contributed by atoms with Crippen LogP contribution in [0.3, 0.4) is 0 Å². The van der Waals surface area contributed by atoms with Crippen LogP contribution in [0.1, 0.15) is 23.6 Å². The highest BCUT2D eigenvalue weighted by Crippen LogP contribution is 2.28. The summed E-state index contributed by atoms with van der Waals surface area (Å²) in [4.78, 5) is 27.2. The van der Waals surface area contributed by atoms with Crippen molar-refractivity contribution in [2.24, 2.45) is 4.99 Å². The smallest absolute Gasteiger partial charge is 0.286 e. The molecule has 0 aliphatic carbocycles. The number of ether oxygens (including phenoxy) is 1. The van der Waals surface area contributed by atoms with Crippen LogP contribution in [0, 0.1) is 6.92 Å².